The number of hydrogen-bond acceptors (Lipinski definition) is 2. The average molecular weight is 319 g/mol. The van der Waals surface area contributed by atoms with E-state index in [0.29, 0.717) is 12.1 Å². The second-order valence-electron chi connectivity index (χ2n) is 5.85. The Hall–Kier alpha value is -2.88. The lowest BCUT2D eigenvalue weighted by atomic mass is 10.1. The predicted octanol–water partition coefficient (Wildman–Crippen LogP) is 3.71. The third-order valence-electron chi connectivity index (χ3n) is 4.11. The van der Waals surface area contributed by atoms with E-state index < -0.39 is 0 Å². The Morgan fingerprint density at radius 2 is 1.71 bits per heavy atom. The van der Waals surface area contributed by atoms with E-state index in [9.17, 15) is 4.79 Å². The van der Waals surface area contributed by atoms with Crippen molar-refractivity contribution < 1.29 is 4.79 Å². The Morgan fingerprint density at radius 1 is 1.04 bits per heavy atom. The van der Waals surface area contributed by atoms with Gasteiger partial charge in [-0.3, -0.25) is 4.79 Å². The first kappa shape index (κ1) is 16.0. The van der Waals surface area contributed by atoms with Crippen LogP contribution in [0.2, 0.25) is 0 Å². The van der Waals surface area contributed by atoms with Crippen LogP contribution in [-0.2, 0) is 13.0 Å². The van der Waals surface area contributed by atoms with Crippen LogP contribution in [0, 0.1) is 0 Å². The minimum atomic E-state index is 0.0201. The Bertz CT molecular complexity index is 790. The zero-order chi connectivity index (χ0) is 16.9. The SMILES string of the molecule is CCc1ccc(CN(C)C(=O)c2ccc(-n3ccnc3)cc2)cc1. The smallest absolute Gasteiger partial charge is 0.253 e. The van der Waals surface area contributed by atoms with E-state index in [1.807, 2.05) is 42.1 Å². The number of rotatable bonds is 5. The molecule has 0 saturated carbocycles. The summed E-state index contributed by atoms with van der Waals surface area (Å²) in [5.41, 5.74) is 4.12. The fraction of sp³-hybridized carbons (Fsp3) is 0.200. The van der Waals surface area contributed by atoms with Gasteiger partial charge in [-0.05, 0) is 41.8 Å². The molecule has 0 spiro atoms. The molecule has 4 heteroatoms. The van der Waals surface area contributed by atoms with Gasteiger partial charge in [-0.15, -0.1) is 0 Å². The molecule has 0 radical (unpaired) electrons. The Morgan fingerprint density at radius 3 is 2.29 bits per heavy atom. The fourth-order valence-corrected chi connectivity index (χ4v) is 2.63. The van der Waals surface area contributed by atoms with E-state index in [1.165, 1.54) is 5.56 Å². The van der Waals surface area contributed by atoms with E-state index in [4.69, 9.17) is 0 Å². The van der Waals surface area contributed by atoms with Crippen LogP contribution in [0.15, 0.2) is 67.3 Å². The molecule has 1 amide bonds. The molecule has 0 N–H and O–H groups in total. The molecule has 122 valence electrons. The van der Waals surface area contributed by atoms with Gasteiger partial charge in [0.2, 0.25) is 0 Å². The largest absolute Gasteiger partial charge is 0.337 e. The van der Waals surface area contributed by atoms with Crippen LogP contribution in [0.4, 0.5) is 0 Å². The number of hydrogen-bond donors (Lipinski definition) is 0. The van der Waals surface area contributed by atoms with Crippen molar-refractivity contribution in [3.05, 3.63) is 83.9 Å². The highest BCUT2D eigenvalue weighted by atomic mass is 16.2. The van der Waals surface area contributed by atoms with Crippen molar-refractivity contribution in [2.24, 2.45) is 0 Å². The zero-order valence-corrected chi connectivity index (χ0v) is 14.0. The number of benzene rings is 2. The van der Waals surface area contributed by atoms with Crippen molar-refractivity contribution in [1.29, 1.82) is 0 Å². The predicted molar refractivity (Wildman–Crippen MR) is 95.2 cm³/mol. The molecular formula is C20H21N3O. The van der Waals surface area contributed by atoms with Gasteiger partial charge in [0, 0.05) is 37.2 Å². The van der Waals surface area contributed by atoms with Crippen molar-refractivity contribution in [2.75, 3.05) is 7.05 Å². The van der Waals surface area contributed by atoms with Crippen molar-refractivity contribution in [1.82, 2.24) is 14.5 Å². The first-order valence-corrected chi connectivity index (χ1v) is 8.09. The van der Waals surface area contributed by atoms with Crippen LogP contribution in [0.25, 0.3) is 5.69 Å². The summed E-state index contributed by atoms with van der Waals surface area (Å²) in [6, 6.07) is 16.0. The van der Waals surface area contributed by atoms with Crippen LogP contribution < -0.4 is 0 Å². The maximum absolute atomic E-state index is 12.6. The lowest BCUT2D eigenvalue weighted by Gasteiger charge is -2.18. The molecule has 1 aromatic heterocycles. The Kier molecular flexibility index (Phi) is 4.75. The molecule has 0 unspecified atom stereocenters. The highest BCUT2D eigenvalue weighted by Gasteiger charge is 2.12. The first-order valence-electron chi connectivity index (χ1n) is 8.09. The molecule has 1 heterocycles. The van der Waals surface area contributed by atoms with E-state index in [1.54, 1.807) is 17.4 Å². The molecule has 4 nitrogen and oxygen atoms in total. The van der Waals surface area contributed by atoms with E-state index in [-0.39, 0.29) is 5.91 Å². The molecule has 24 heavy (non-hydrogen) atoms. The monoisotopic (exact) mass is 319 g/mol. The third-order valence-corrected chi connectivity index (χ3v) is 4.11. The maximum atomic E-state index is 12.6. The first-order chi connectivity index (χ1) is 11.7. The molecule has 3 aromatic rings. The minimum absolute atomic E-state index is 0.0201. The summed E-state index contributed by atoms with van der Waals surface area (Å²) in [5, 5.41) is 0. The van der Waals surface area contributed by atoms with Crippen molar-refractivity contribution in [3.63, 3.8) is 0 Å². The second kappa shape index (κ2) is 7.13. The number of aryl methyl sites for hydroxylation is 1. The topological polar surface area (TPSA) is 38.1 Å². The van der Waals surface area contributed by atoms with E-state index in [2.05, 4.69) is 36.2 Å². The number of aromatic nitrogens is 2. The summed E-state index contributed by atoms with van der Waals surface area (Å²) in [4.78, 5) is 18.4. The summed E-state index contributed by atoms with van der Waals surface area (Å²) >= 11 is 0. The van der Waals surface area contributed by atoms with Gasteiger partial charge in [0.1, 0.15) is 0 Å². The average Bonchev–Trinajstić information content (AvgIpc) is 3.16. The summed E-state index contributed by atoms with van der Waals surface area (Å²) in [6.45, 7) is 2.74. The summed E-state index contributed by atoms with van der Waals surface area (Å²) in [6.07, 6.45) is 6.38. The van der Waals surface area contributed by atoms with Gasteiger partial charge < -0.3 is 9.47 Å². The fourth-order valence-electron chi connectivity index (χ4n) is 2.63. The van der Waals surface area contributed by atoms with Crippen LogP contribution >= 0.6 is 0 Å². The standard InChI is InChI=1S/C20H21N3O/c1-3-16-4-6-17(7-5-16)14-22(2)20(24)18-8-10-19(11-9-18)23-13-12-21-15-23/h4-13,15H,3,14H2,1-2H3. The normalized spacial score (nSPS) is 10.6. The van der Waals surface area contributed by atoms with Crippen molar-refractivity contribution in [3.8, 4) is 5.69 Å². The molecule has 2 aromatic carbocycles. The number of carbonyl (C=O) groups excluding carboxylic acids is 1. The molecule has 0 aliphatic rings. The van der Waals surface area contributed by atoms with Crippen LogP contribution in [0.1, 0.15) is 28.4 Å². The quantitative estimate of drug-likeness (QED) is 0.719. The summed E-state index contributed by atoms with van der Waals surface area (Å²) in [7, 11) is 1.83. The Balaban J connectivity index is 1.68. The highest BCUT2D eigenvalue weighted by molar-refractivity contribution is 5.94. The van der Waals surface area contributed by atoms with E-state index >= 15 is 0 Å². The number of imidazole rings is 1. The van der Waals surface area contributed by atoms with Gasteiger partial charge in [-0.25, -0.2) is 4.98 Å². The summed E-state index contributed by atoms with van der Waals surface area (Å²) in [5.74, 6) is 0.0201. The zero-order valence-electron chi connectivity index (χ0n) is 14.0. The Labute approximate surface area is 142 Å². The summed E-state index contributed by atoms with van der Waals surface area (Å²) < 4.78 is 1.91. The van der Waals surface area contributed by atoms with Gasteiger partial charge in [-0.1, -0.05) is 31.2 Å². The van der Waals surface area contributed by atoms with Crippen molar-refractivity contribution >= 4 is 5.91 Å². The molecule has 0 aliphatic carbocycles. The van der Waals surface area contributed by atoms with Gasteiger partial charge >= 0.3 is 0 Å². The highest BCUT2D eigenvalue weighted by Crippen LogP contribution is 2.13. The lowest BCUT2D eigenvalue weighted by Crippen LogP contribution is -2.26. The lowest BCUT2D eigenvalue weighted by molar-refractivity contribution is 0.0785. The van der Waals surface area contributed by atoms with Crippen molar-refractivity contribution in [2.45, 2.75) is 19.9 Å². The molecule has 0 bridgehead atoms. The number of nitrogens with zero attached hydrogens (tertiary/aromatic N) is 3. The van der Waals surface area contributed by atoms with E-state index in [0.717, 1.165) is 17.7 Å². The number of carbonyl (C=O) groups is 1. The minimum Gasteiger partial charge on any atom is -0.337 e. The van der Waals surface area contributed by atoms with Gasteiger partial charge in [0.05, 0.1) is 6.33 Å². The molecule has 3 rings (SSSR count). The molecule has 0 fully saturated rings. The van der Waals surface area contributed by atoms with Crippen LogP contribution in [0.5, 0.6) is 0 Å². The van der Waals surface area contributed by atoms with Crippen LogP contribution in [-0.4, -0.2) is 27.4 Å². The van der Waals surface area contributed by atoms with Crippen LogP contribution in [0.3, 0.4) is 0 Å². The number of amides is 1. The molecule has 0 aliphatic heterocycles. The maximum Gasteiger partial charge on any atom is 0.253 e. The van der Waals surface area contributed by atoms with Gasteiger partial charge in [0.25, 0.3) is 5.91 Å². The molecule has 0 saturated heterocycles. The third kappa shape index (κ3) is 3.54. The van der Waals surface area contributed by atoms with Gasteiger partial charge in [-0.2, -0.15) is 0 Å². The molecular weight excluding hydrogens is 298 g/mol. The van der Waals surface area contributed by atoms with Gasteiger partial charge in [0.15, 0.2) is 0 Å². The molecule has 0 atom stereocenters. The second-order valence-corrected chi connectivity index (χ2v) is 5.85.